The molecule has 0 spiro atoms. The fourth-order valence-corrected chi connectivity index (χ4v) is 3.43. The quantitative estimate of drug-likeness (QED) is 0.894. The lowest BCUT2D eigenvalue weighted by molar-refractivity contribution is -0.139. The fraction of sp³-hybridized carbons (Fsp3) is 0.714. The molecule has 19 heavy (non-hydrogen) atoms. The highest BCUT2D eigenvalue weighted by Crippen LogP contribution is 2.30. The van der Waals surface area contributed by atoms with Gasteiger partial charge in [-0.25, -0.2) is 4.98 Å². The lowest BCUT2D eigenvalue weighted by atomic mass is 9.96. The van der Waals surface area contributed by atoms with Crippen molar-refractivity contribution in [3.8, 4) is 0 Å². The van der Waals surface area contributed by atoms with Crippen LogP contribution >= 0.6 is 0 Å². The maximum atomic E-state index is 11.3. The second-order valence-electron chi connectivity index (χ2n) is 5.91. The molecule has 1 fully saturated rings. The van der Waals surface area contributed by atoms with Gasteiger partial charge in [-0.3, -0.25) is 4.79 Å². The highest BCUT2D eigenvalue weighted by atomic mass is 16.4. The molecule has 2 aliphatic heterocycles. The molecule has 3 rings (SSSR count). The smallest absolute Gasteiger partial charge is 0.312 e. The van der Waals surface area contributed by atoms with Crippen molar-refractivity contribution in [2.45, 2.75) is 38.1 Å². The van der Waals surface area contributed by atoms with E-state index in [0.717, 1.165) is 50.4 Å². The Bertz CT molecular complexity index is 483. The second kappa shape index (κ2) is 4.96. The number of carboxylic acids is 1. The van der Waals surface area contributed by atoms with Gasteiger partial charge in [0.15, 0.2) is 0 Å². The third-order valence-corrected chi connectivity index (χ3v) is 4.46. The lowest BCUT2D eigenvalue weighted by Gasteiger charge is -2.23. The highest BCUT2D eigenvalue weighted by molar-refractivity contribution is 5.75. The molecule has 104 valence electrons. The first kappa shape index (κ1) is 12.7. The number of carboxylic acid groups (broad SMARTS) is 1. The third-order valence-electron chi connectivity index (χ3n) is 4.46. The van der Waals surface area contributed by atoms with Gasteiger partial charge in [0.2, 0.25) is 0 Å². The van der Waals surface area contributed by atoms with Gasteiger partial charge in [-0.1, -0.05) is 0 Å². The van der Waals surface area contributed by atoms with E-state index in [1.807, 2.05) is 0 Å². The van der Waals surface area contributed by atoms with E-state index in [2.05, 4.69) is 21.5 Å². The Balaban J connectivity index is 1.79. The summed E-state index contributed by atoms with van der Waals surface area (Å²) >= 11 is 0. The SMILES string of the molecule is CN1CCC(Cc2ncc3n2CCCC3C(=O)O)C1. The molecule has 0 saturated carbocycles. The summed E-state index contributed by atoms with van der Waals surface area (Å²) in [5.74, 6) is 0.678. The Hall–Kier alpha value is -1.36. The van der Waals surface area contributed by atoms with Crippen LogP contribution < -0.4 is 0 Å². The van der Waals surface area contributed by atoms with Gasteiger partial charge in [0.05, 0.1) is 11.6 Å². The van der Waals surface area contributed by atoms with Crippen LogP contribution in [0.25, 0.3) is 0 Å². The van der Waals surface area contributed by atoms with Crippen LogP contribution in [-0.2, 0) is 17.8 Å². The zero-order chi connectivity index (χ0) is 13.4. The molecule has 0 radical (unpaired) electrons. The lowest BCUT2D eigenvalue weighted by Crippen LogP contribution is -2.23. The number of fused-ring (bicyclic) bond motifs is 1. The number of likely N-dealkylation sites (tertiary alicyclic amines) is 1. The predicted octanol–water partition coefficient (Wildman–Crippen LogP) is 1.34. The van der Waals surface area contributed by atoms with Crippen LogP contribution in [0.15, 0.2) is 6.20 Å². The van der Waals surface area contributed by atoms with E-state index < -0.39 is 5.97 Å². The van der Waals surface area contributed by atoms with Crippen molar-refractivity contribution in [2.75, 3.05) is 20.1 Å². The van der Waals surface area contributed by atoms with Crippen molar-refractivity contribution in [2.24, 2.45) is 5.92 Å². The van der Waals surface area contributed by atoms with Crippen molar-refractivity contribution in [1.82, 2.24) is 14.5 Å². The van der Waals surface area contributed by atoms with Crippen LogP contribution in [0.2, 0.25) is 0 Å². The summed E-state index contributed by atoms with van der Waals surface area (Å²) in [6.07, 6.45) is 5.67. The van der Waals surface area contributed by atoms with Gasteiger partial charge >= 0.3 is 5.97 Å². The van der Waals surface area contributed by atoms with Gasteiger partial charge in [0.25, 0.3) is 0 Å². The van der Waals surface area contributed by atoms with E-state index in [4.69, 9.17) is 0 Å². The van der Waals surface area contributed by atoms with E-state index in [-0.39, 0.29) is 5.92 Å². The van der Waals surface area contributed by atoms with Crippen molar-refractivity contribution in [3.63, 3.8) is 0 Å². The standard InChI is InChI=1S/C14H21N3O2/c1-16-6-4-10(9-16)7-13-15-8-12-11(14(18)19)3-2-5-17(12)13/h8,10-11H,2-7,9H2,1H3,(H,18,19). The number of aliphatic carboxylic acids is 1. The molecule has 1 N–H and O–H groups in total. The van der Waals surface area contributed by atoms with Gasteiger partial charge in [-0.2, -0.15) is 0 Å². The van der Waals surface area contributed by atoms with E-state index in [1.165, 1.54) is 6.42 Å². The summed E-state index contributed by atoms with van der Waals surface area (Å²) in [4.78, 5) is 18.1. The number of hydrogen-bond acceptors (Lipinski definition) is 3. The van der Waals surface area contributed by atoms with Crippen LogP contribution in [0.4, 0.5) is 0 Å². The van der Waals surface area contributed by atoms with Crippen molar-refractivity contribution in [1.29, 1.82) is 0 Å². The largest absolute Gasteiger partial charge is 0.481 e. The van der Waals surface area contributed by atoms with E-state index in [0.29, 0.717) is 5.92 Å². The molecule has 3 heterocycles. The average molecular weight is 263 g/mol. The monoisotopic (exact) mass is 263 g/mol. The molecule has 0 aromatic carbocycles. The highest BCUT2D eigenvalue weighted by Gasteiger charge is 2.30. The maximum Gasteiger partial charge on any atom is 0.312 e. The summed E-state index contributed by atoms with van der Waals surface area (Å²) in [6.45, 7) is 3.22. The van der Waals surface area contributed by atoms with Gasteiger partial charge in [-0.15, -0.1) is 0 Å². The third kappa shape index (κ3) is 2.39. The number of nitrogens with zero attached hydrogens (tertiary/aromatic N) is 3. The molecule has 5 nitrogen and oxygen atoms in total. The first-order chi connectivity index (χ1) is 9.15. The van der Waals surface area contributed by atoms with Gasteiger partial charge < -0.3 is 14.6 Å². The molecule has 2 unspecified atom stereocenters. The molecule has 2 atom stereocenters. The normalized spacial score (nSPS) is 27.4. The minimum Gasteiger partial charge on any atom is -0.481 e. The van der Waals surface area contributed by atoms with Crippen LogP contribution in [0, 0.1) is 5.92 Å². The Kier molecular flexibility index (Phi) is 3.31. The number of imidazole rings is 1. The summed E-state index contributed by atoms with van der Waals surface area (Å²) in [6, 6.07) is 0. The topological polar surface area (TPSA) is 58.4 Å². The van der Waals surface area contributed by atoms with Gasteiger partial charge in [0.1, 0.15) is 5.82 Å². The summed E-state index contributed by atoms with van der Waals surface area (Å²) in [5, 5.41) is 9.27. The summed E-state index contributed by atoms with van der Waals surface area (Å²) in [5.41, 5.74) is 0.903. The number of hydrogen-bond donors (Lipinski definition) is 1. The van der Waals surface area contributed by atoms with Crippen LogP contribution in [0.3, 0.4) is 0 Å². The van der Waals surface area contributed by atoms with Gasteiger partial charge in [-0.05, 0) is 38.8 Å². The molecule has 1 aromatic heterocycles. The maximum absolute atomic E-state index is 11.3. The summed E-state index contributed by atoms with van der Waals surface area (Å²) in [7, 11) is 2.15. The number of carbonyl (C=O) groups is 1. The van der Waals surface area contributed by atoms with Crippen molar-refractivity contribution < 1.29 is 9.90 Å². The summed E-state index contributed by atoms with van der Waals surface area (Å²) < 4.78 is 2.15. The molecule has 1 saturated heterocycles. The second-order valence-corrected chi connectivity index (χ2v) is 5.91. The molecule has 0 bridgehead atoms. The molecular formula is C14H21N3O2. The average Bonchev–Trinajstić information content (AvgIpc) is 2.97. The van der Waals surface area contributed by atoms with E-state index >= 15 is 0 Å². The van der Waals surface area contributed by atoms with Crippen LogP contribution in [-0.4, -0.2) is 45.7 Å². The molecule has 0 aliphatic carbocycles. The number of rotatable bonds is 3. The fourth-order valence-electron chi connectivity index (χ4n) is 3.43. The zero-order valence-electron chi connectivity index (χ0n) is 11.4. The Morgan fingerprint density at radius 3 is 3.00 bits per heavy atom. The first-order valence-electron chi connectivity index (χ1n) is 7.11. The van der Waals surface area contributed by atoms with Crippen LogP contribution in [0.1, 0.15) is 36.7 Å². The minimum atomic E-state index is -0.715. The molecule has 5 heteroatoms. The molecule has 2 aliphatic rings. The molecule has 0 amide bonds. The number of aromatic nitrogens is 2. The van der Waals surface area contributed by atoms with Crippen molar-refractivity contribution >= 4 is 5.97 Å². The minimum absolute atomic E-state index is 0.360. The van der Waals surface area contributed by atoms with Crippen LogP contribution in [0.5, 0.6) is 0 Å². The Labute approximate surface area is 113 Å². The van der Waals surface area contributed by atoms with Crippen molar-refractivity contribution in [3.05, 3.63) is 17.7 Å². The Morgan fingerprint density at radius 2 is 2.32 bits per heavy atom. The molecular weight excluding hydrogens is 242 g/mol. The predicted molar refractivity (Wildman–Crippen MR) is 71.1 cm³/mol. The first-order valence-corrected chi connectivity index (χ1v) is 7.11. The Morgan fingerprint density at radius 1 is 1.47 bits per heavy atom. The zero-order valence-corrected chi connectivity index (χ0v) is 11.4. The molecule has 1 aromatic rings. The van der Waals surface area contributed by atoms with E-state index in [1.54, 1.807) is 6.20 Å². The van der Waals surface area contributed by atoms with E-state index in [9.17, 15) is 9.90 Å². The van der Waals surface area contributed by atoms with Gasteiger partial charge in [0, 0.05) is 25.7 Å².